The Labute approximate surface area is 123 Å². The summed E-state index contributed by atoms with van der Waals surface area (Å²) in [6, 6.07) is 0.659. The number of nitrogens with zero attached hydrogens (tertiary/aromatic N) is 1. The van der Waals surface area contributed by atoms with E-state index in [1.807, 2.05) is 11.3 Å². The molecule has 0 fully saturated rings. The van der Waals surface area contributed by atoms with Gasteiger partial charge in [0.15, 0.2) is 0 Å². The molecular formula is C16H30N2S. The summed E-state index contributed by atoms with van der Waals surface area (Å²) in [4.78, 5) is 4.78. The molecule has 0 aliphatic carbocycles. The highest BCUT2D eigenvalue weighted by Crippen LogP contribution is 2.24. The molecule has 1 aromatic heterocycles. The second-order valence-electron chi connectivity index (χ2n) is 6.35. The SMILES string of the molecule is CCCNC(CCC)CCc1nc(C(C)(C)C)cs1. The molecule has 0 radical (unpaired) electrons. The van der Waals surface area contributed by atoms with Crippen LogP contribution in [0.5, 0.6) is 0 Å². The van der Waals surface area contributed by atoms with Crippen LogP contribution >= 0.6 is 11.3 Å². The standard InChI is InChI=1S/C16H30N2S/c1-6-8-13(17-11-7-2)9-10-15-18-14(12-19-15)16(3,4)5/h12-13,17H,6-11H2,1-5H3. The molecule has 2 nitrogen and oxygen atoms in total. The average molecular weight is 282 g/mol. The van der Waals surface area contributed by atoms with Crippen molar-refractivity contribution in [3.63, 3.8) is 0 Å². The minimum absolute atomic E-state index is 0.179. The number of hydrogen-bond acceptors (Lipinski definition) is 3. The highest BCUT2D eigenvalue weighted by Gasteiger charge is 2.17. The maximum Gasteiger partial charge on any atom is 0.0929 e. The molecule has 1 unspecified atom stereocenters. The van der Waals surface area contributed by atoms with E-state index in [0.717, 1.165) is 13.0 Å². The van der Waals surface area contributed by atoms with Crippen LogP contribution in [0, 0.1) is 0 Å². The van der Waals surface area contributed by atoms with E-state index in [4.69, 9.17) is 4.98 Å². The molecule has 110 valence electrons. The Morgan fingerprint density at radius 3 is 2.47 bits per heavy atom. The van der Waals surface area contributed by atoms with Crippen LogP contribution in [0.25, 0.3) is 0 Å². The minimum atomic E-state index is 0.179. The predicted molar refractivity (Wildman–Crippen MR) is 86.1 cm³/mol. The van der Waals surface area contributed by atoms with E-state index >= 15 is 0 Å². The Bertz CT molecular complexity index is 352. The zero-order valence-electron chi connectivity index (χ0n) is 13.3. The first-order valence-corrected chi connectivity index (χ1v) is 8.53. The highest BCUT2D eigenvalue weighted by atomic mass is 32.1. The molecule has 1 atom stereocenters. The average Bonchev–Trinajstić information content (AvgIpc) is 2.81. The predicted octanol–water partition coefficient (Wildman–Crippen LogP) is 4.54. The van der Waals surface area contributed by atoms with E-state index in [0.29, 0.717) is 6.04 Å². The Morgan fingerprint density at radius 2 is 1.95 bits per heavy atom. The summed E-state index contributed by atoms with van der Waals surface area (Å²) in [5.41, 5.74) is 1.42. The van der Waals surface area contributed by atoms with Crippen molar-refractivity contribution < 1.29 is 0 Å². The highest BCUT2D eigenvalue weighted by molar-refractivity contribution is 7.09. The molecule has 0 amide bonds. The summed E-state index contributed by atoms with van der Waals surface area (Å²) in [5, 5.41) is 7.18. The second-order valence-corrected chi connectivity index (χ2v) is 7.30. The molecule has 1 heterocycles. The molecule has 1 aromatic rings. The zero-order chi connectivity index (χ0) is 14.3. The van der Waals surface area contributed by atoms with Crippen LogP contribution in [-0.2, 0) is 11.8 Å². The molecule has 0 saturated carbocycles. The van der Waals surface area contributed by atoms with E-state index in [1.54, 1.807) is 0 Å². The van der Waals surface area contributed by atoms with Gasteiger partial charge in [-0.1, -0.05) is 41.0 Å². The van der Waals surface area contributed by atoms with E-state index in [9.17, 15) is 0 Å². The molecule has 0 bridgehead atoms. The number of aromatic nitrogens is 1. The molecule has 0 aromatic carbocycles. The van der Waals surface area contributed by atoms with Gasteiger partial charge in [0.05, 0.1) is 10.7 Å². The van der Waals surface area contributed by atoms with Gasteiger partial charge in [0.1, 0.15) is 0 Å². The fourth-order valence-electron chi connectivity index (χ4n) is 2.11. The topological polar surface area (TPSA) is 24.9 Å². The monoisotopic (exact) mass is 282 g/mol. The molecule has 3 heteroatoms. The van der Waals surface area contributed by atoms with E-state index in [2.05, 4.69) is 45.3 Å². The number of hydrogen-bond donors (Lipinski definition) is 1. The van der Waals surface area contributed by atoms with Crippen LogP contribution in [0.2, 0.25) is 0 Å². The van der Waals surface area contributed by atoms with Crippen molar-refractivity contribution in [3.8, 4) is 0 Å². The molecule has 0 spiro atoms. The van der Waals surface area contributed by atoms with Gasteiger partial charge in [-0.05, 0) is 25.8 Å². The van der Waals surface area contributed by atoms with Gasteiger partial charge in [-0.15, -0.1) is 11.3 Å². The van der Waals surface area contributed by atoms with Crippen molar-refractivity contribution in [1.82, 2.24) is 10.3 Å². The van der Waals surface area contributed by atoms with Crippen molar-refractivity contribution in [1.29, 1.82) is 0 Å². The van der Waals surface area contributed by atoms with E-state index in [-0.39, 0.29) is 5.41 Å². The van der Waals surface area contributed by atoms with Crippen LogP contribution in [0.4, 0.5) is 0 Å². The smallest absolute Gasteiger partial charge is 0.0929 e. The summed E-state index contributed by atoms with van der Waals surface area (Å²) in [5.74, 6) is 0. The van der Waals surface area contributed by atoms with Gasteiger partial charge in [0.2, 0.25) is 0 Å². The van der Waals surface area contributed by atoms with Crippen molar-refractivity contribution in [2.24, 2.45) is 0 Å². The molecule has 0 aliphatic heterocycles. The molecule has 1 N–H and O–H groups in total. The van der Waals surface area contributed by atoms with Gasteiger partial charge in [-0.25, -0.2) is 4.98 Å². The first kappa shape index (κ1) is 16.6. The van der Waals surface area contributed by atoms with E-state index in [1.165, 1.54) is 36.4 Å². The first-order chi connectivity index (χ1) is 8.97. The maximum atomic E-state index is 4.78. The molecular weight excluding hydrogens is 252 g/mol. The van der Waals surface area contributed by atoms with Crippen molar-refractivity contribution in [2.75, 3.05) is 6.54 Å². The Morgan fingerprint density at radius 1 is 1.21 bits per heavy atom. The summed E-state index contributed by atoms with van der Waals surface area (Å²) in [7, 11) is 0. The largest absolute Gasteiger partial charge is 0.314 e. The third-order valence-electron chi connectivity index (χ3n) is 3.35. The lowest BCUT2D eigenvalue weighted by atomic mass is 9.93. The Kier molecular flexibility index (Phi) is 7.01. The van der Waals surface area contributed by atoms with E-state index < -0.39 is 0 Å². The summed E-state index contributed by atoms with van der Waals surface area (Å²) < 4.78 is 0. The second kappa shape index (κ2) is 8.01. The van der Waals surface area contributed by atoms with Crippen LogP contribution in [0.15, 0.2) is 5.38 Å². The van der Waals surface area contributed by atoms with Crippen molar-refractivity contribution >= 4 is 11.3 Å². The third-order valence-corrected chi connectivity index (χ3v) is 4.26. The van der Waals surface area contributed by atoms with Crippen LogP contribution in [0.1, 0.15) is 71.0 Å². The number of nitrogens with one attached hydrogen (secondary N) is 1. The molecule has 0 aliphatic rings. The fourth-order valence-corrected chi connectivity index (χ4v) is 3.15. The lowest BCUT2D eigenvalue weighted by molar-refractivity contribution is 0.448. The van der Waals surface area contributed by atoms with Crippen LogP contribution in [-0.4, -0.2) is 17.6 Å². The minimum Gasteiger partial charge on any atom is -0.314 e. The van der Waals surface area contributed by atoms with Crippen LogP contribution in [0.3, 0.4) is 0 Å². The molecule has 1 rings (SSSR count). The molecule has 0 saturated heterocycles. The van der Waals surface area contributed by atoms with Gasteiger partial charge in [-0.3, -0.25) is 0 Å². The normalized spacial score (nSPS) is 13.7. The summed E-state index contributed by atoms with van der Waals surface area (Å²) in [6.07, 6.45) is 6.07. The Balaban J connectivity index is 2.47. The lowest BCUT2D eigenvalue weighted by Gasteiger charge is -2.17. The van der Waals surface area contributed by atoms with Gasteiger partial charge >= 0.3 is 0 Å². The Hall–Kier alpha value is -0.410. The van der Waals surface area contributed by atoms with Crippen LogP contribution < -0.4 is 5.32 Å². The number of thiazole rings is 1. The van der Waals surface area contributed by atoms with Gasteiger partial charge in [-0.2, -0.15) is 0 Å². The quantitative estimate of drug-likeness (QED) is 0.757. The maximum absolute atomic E-state index is 4.78. The third kappa shape index (κ3) is 6.05. The summed E-state index contributed by atoms with van der Waals surface area (Å²) in [6.45, 7) is 12.3. The number of aryl methyl sites for hydroxylation is 1. The van der Waals surface area contributed by atoms with Crippen molar-refractivity contribution in [3.05, 3.63) is 16.1 Å². The zero-order valence-corrected chi connectivity index (χ0v) is 14.1. The first-order valence-electron chi connectivity index (χ1n) is 7.65. The fraction of sp³-hybridized carbons (Fsp3) is 0.812. The molecule has 19 heavy (non-hydrogen) atoms. The number of rotatable bonds is 8. The lowest BCUT2D eigenvalue weighted by Crippen LogP contribution is -2.30. The van der Waals surface area contributed by atoms with Gasteiger partial charge in [0, 0.05) is 23.3 Å². The van der Waals surface area contributed by atoms with Gasteiger partial charge in [0.25, 0.3) is 0 Å². The van der Waals surface area contributed by atoms with Crippen molar-refractivity contribution in [2.45, 2.75) is 78.2 Å². The summed E-state index contributed by atoms with van der Waals surface area (Å²) >= 11 is 1.82. The van der Waals surface area contributed by atoms with Gasteiger partial charge < -0.3 is 5.32 Å².